The van der Waals surface area contributed by atoms with Crippen LogP contribution in [0.25, 0.3) is 21.8 Å². The summed E-state index contributed by atoms with van der Waals surface area (Å²) in [5.74, 6) is -0.727. The summed E-state index contributed by atoms with van der Waals surface area (Å²) in [5, 5.41) is 1.03. The number of aromatic nitrogens is 1. The number of carbonyl (C=O) groups is 2. The Hall–Kier alpha value is -3.15. The number of hydrogen-bond acceptors (Lipinski definition) is 4. The predicted octanol–water partition coefficient (Wildman–Crippen LogP) is 4.35. The average Bonchev–Trinajstić information content (AvgIpc) is 2.67. The molecule has 0 saturated carbocycles. The maximum atomic E-state index is 13.2. The van der Waals surface area contributed by atoms with E-state index in [1.54, 1.807) is 24.3 Å². The number of H-pyrrole nitrogens is 1. The fraction of sp³-hybridized carbons (Fsp3) is 0. The standard InChI is InChI=1S/C21H10Cl2N2O3/c22-8-5-11-17(13(23)6-8)25-18-12(19(11)26)7-14(24)15-16(18)21(28)10-4-2-1-3-9(10)20(15)27/h1-7H,24H2,(H,25,26). The molecule has 5 rings (SSSR count). The van der Waals surface area contributed by atoms with Gasteiger partial charge in [-0.05, 0) is 18.2 Å². The van der Waals surface area contributed by atoms with Gasteiger partial charge in [-0.3, -0.25) is 14.4 Å². The number of rotatable bonds is 0. The molecule has 0 unspecified atom stereocenters. The molecule has 0 amide bonds. The molecule has 1 aliphatic rings. The van der Waals surface area contributed by atoms with Gasteiger partial charge in [0.2, 0.25) is 0 Å². The second-order valence-electron chi connectivity index (χ2n) is 6.61. The molecule has 0 spiro atoms. The van der Waals surface area contributed by atoms with Crippen LogP contribution in [0, 0.1) is 0 Å². The van der Waals surface area contributed by atoms with Gasteiger partial charge < -0.3 is 10.7 Å². The summed E-state index contributed by atoms with van der Waals surface area (Å²) in [6.07, 6.45) is 0. The molecule has 0 saturated heterocycles. The lowest BCUT2D eigenvalue weighted by Gasteiger charge is -2.21. The molecule has 136 valence electrons. The second kappa shape index (κ2) is 5.67. The average molecular weight is 409 g/mol. The van der Waals surface area contributed by atoms with E-state index in [1.165, 1.54) is 18.2 Å². The number of nitrogens with one attached hydrogen (secondary N) is 1. The van der Waals surface area contributed by atoms with Crippen LogP contribution in [-0.4, -0.2) is 16.6 Å². The minimum absolute atomic E-state index is 0.0772. The van der Waals surface area contributed by atoms with Crippen molar-refractivity contribution in [2.24, 2.45) is 0 Å². The van der Waals surface area contributed by atoms with E-state index in [4.69, 9.17) is 28.9 Å². The van der Waals surface area contributed by atoms with Gasteiger partial charge >= 0.3 is 0 Å². The molecule has 4 aromatic rings. The molecule has 0 aliphatic heterocycles. The first-order valence-electron chi connectivity index (χ1n) is 8.34. The predicted molar refractivity (Wildman–Crippen MR) is 110 cm³/mol. The van der Waals surface area contributed by atoms with Gasteiger partial charge in [0.1, 0.15) is 0 Å². The number of nitrogen functional groups attached to an aromatic ring is 1. The van der Waals surface area contributed by atoms with Gasteiger partial charge in [0.15, 0.2) is 17.0 Å². The van der Waals surface area contributed by atoms with Crippen molar-refractivity contribution in [1.29, 1.82) is 0 Å². The molecule has 0 fully saturated rings. The van der Waals surface area contributed by atoms with Crippen LogP contribution in [0.1, 0.15) is 31.8 Å². The molecular formula is C21H10Cl2N2O3. The highest BCUT2D eigenvalue weighted by Crippen LogP contribution is 2.36. The monoisotopic (exact) mass is 408 g/mol. The summed E-state index contributed by atoms with van der Waals surface area (Å²) in [7, 11) is 0. The Balaban J connectivity index is 2.01. The van der Waals surface area contributed by atoms with Crippen molar-refractivity contribution in [3.8, 4) is 0 Å². The van der Waals surface area contributed by atoms with Gasteiger partial charge in [-0.2, -0.15) is 0 Å². The minimum Gasteiger partial charge on any atom is -0.398 e. The number of anilines is 1. The summed E-state index contributed by atoms with van der Waals surface area (Å²) in [6.45, 7) is 0. The normalized spacial score (nSPS) is 13.1. The van der Waals surface area contributed by atoms with Gasteiger partial charge in [-0.1, -0.05) is 47.5 Å². The van der Waals surface area contributed by atoms with E-state index in [0.29, 0.717) is 16.1 Å². The summed E-state index contributed by atoms with van der Waals surface area (Å²) >= 11 is 12.3. The van der Waals surface area contributed by atoms with Gasteiger partial charge in [0.05, 0.1) is 27.2 Å². The second-order valence-corrected chi connectivity index (χ2v) is 7.45. The molecule has 7 heteroatoms. The van der Waals surface area contributed by atoms with Gasteiger partial charge in [-0.15, -0.1) is 0 Å². The minimum atomic E-state index is -0.373. The lowest BCUT2D eigenvalue weighted by atomic mass is 9.82. The number of benzene rings is 3. The van der Waals surface area contributed by atoms with Crippen LogP contribution in [-0.2, 0) is 0 Å². The van der Waals surface area contributed by atoms with Crippen molar-refractivity contribution < 1.29 is 9.59 Å². The molecule has 1 aliphatic carbocycles. The van der Waals surface area contributed by atoms with Gasteiger partial charge in [-0.25, -0.2) is 0 Å². The van der Waals surface area contributed by atoms with Crippen molar-refractivity contribution >= 4 is 62.3 Å². The Bertz CT molecular complexity index is 1450. The highest BCUT2D eigenvalue weighted by atomic mass is 35.5. The maximum absolute atomic E-state index is 13.2. The summed E-state index contributed by atoms with van der Waals surface area (Å²) in [4.78, 5) is 42.4. The SMILES string of the molecule is Nc1cc2c(=O)c3cc(Cl)cc(Cl)c3[nH]c2c2c1C(=O)c1ccccc1C2=O. The molecule has 0 atom stereocenters. The van der Waals surface area contributed by atoms with E-state index in [2.05, 4.69) is 4.98 Å². The molecule has 1 heterocycles. The van der Waals surface area contributed by atoms with E-state index >= 15 is 0 Å². The molecule has 3 aromatic carbocycles. The summed E-state index contributed by atoms with van der Waals surface area (Å²) in [6, 6.07) is 11.0. The number of hydrogen-bond donors (Lipinski definition) is 2. The first-order valence-corrected chi connectivity index (χ1v) is 9.09. The Morgan fingerprint density at radius 3 is 2.07 bits per heavy atom. The van der Waals surface area contributed by atoms with Gasteiger partial charge in [0, 0.05) is 32.6 Å². The summed E-state index contributed by atoms with van der Waals surface area (Å²) in [5.41, 5.74) is 7.14. The van der Waals surface area contributed by atoms with Gasteiger partial charge in [0.25, 0.3) is 0 Å². The number of ketones is 2. The van der Waals surface area contributed by atoms with E-state index in [9.17, 15) is 14.4 Å². The third kappa shape index (κ3) is 2.11. The van der Waals surface area contributed by atoms with Crippen LogP contribution >= 0.6 is 23.2 Å². The quantitative estimate of drug-likeness (QED) is 0.294. The van der Waals surface area contributed by atoms with Crippen LogP contribution in [0.4, 0.5) is 5.69 Å². The molecule has 5 nitrogen and oxygen atoms in total. The fourth-order valence-corrected chi connectivity index (χ4v) is 4.32. The zero-order valence-corrected chi connectivity index (χ0v) is 15.6. The highest BCUT2D eigenvalue weighted by molar-refractivity contribution is 6.39. The largest absolute Gasteiger partial charge is 0.398 e. The lowest BCUT2D eigenvalue weighted by molar-refractivity contribution is 0.0981. The number of carbonyl (C=O) groups excluding carboxylic acids is 2. The van der Waals surface area contributed by atoms with E-state index < -0.39 is 0 Å². The Kier molecular flexibility index (Phi) is 3.44. The third-order valence-corrected chi connectivity index (χ3v) is 5.54. The lowest BCUT2D eigenvalue weighted by Crippen LogP contribution is -2.24. The van der Waals surface area contributed by atoms with Crippen LogP contribution < -0.4 is 11.2 Å². The number of halogens is 2. The fourth-order valence-electron chi connectivity index (χ4n) is 3.78. The Morgan fingerprint density at radius 2 is 1.39 bits per heavy atom. The molecular weight excluding hydrogens is 399 g/mol. The van der Waals surface area contributed by atoms with Crippen LogP contribution in [0.15, 0.2) is 47.3 Å². The first kappa shape index (κ1) is 17.0. The first-order chi connectivity index (χ1) is 13.4. The number of pyridine rings is 1. The molecule has 28 heavy (non-hydrogen) atoms. The van der Waals surface area contributed by atoms with Crippen molar-refractivity contribution in [3.05, 3.63) is 85.0 Å². The van der Waals surface area contributed by atoms with Crippen LogP contribution in [0.5, 0.6) is 0 Å². The molecule has 1 aromatic heterocycles. The Morgan fingerprint density at radius 1 is 0.786 bits per heavy atom. The van der Waals surface area contributed by atoms with Crippen molar-refractivity contribution in [3.63, 3.8) is 0 Å². The maximum Gasteiger partial charge on any atom is 0.197 e. The number of nitrogens with two attached hydrogens (primary N) is 1. The van der Waals surface area contributed by atoms with Crippen LogP contribution in [0.2, 0.25) is 10.0 Å². The number of aromatic amines is 1. The van der Waals surface area contributed by atoms with Crippen molar-refractivity contribution in [2.45, 2.75) is 0 Å². The zero-order valence-electron chi connectivity index (χ0n) is 14.1. The topological polar surface area (TPSA) is 93.0 Å². The van der Waals surface area contributed by atoms with E-state index in [0.717, 1.165) is 0 Å². The molecule has 3 N–H and O–H groups in total. The Labute approximate surface area is 167 Å². The highest BCUT2D eigenvalue weighted by Gasteiger charge is 2.33. The van der Waals surface area contributed by atoms with Crippen LogP contribution in [0.3, 0.4) is 0 Å². The van der Waals surface area contributed by atoms with Crippen molar-refractivity contribution in [1.82, 2.24) is 4.98 Å². The van der Waals surface area contributed by atoms with E-state index in [1.807, 2.05) is 0 Å². The summed E-state index contributed by atoms with van der Waals surface area (Å²) < 4.78 is 0. The molecule has 0 radical (unpaired) electrons. The van der Waals surface area contributed by atoms with E-state index in [-0.39, 0.29) is 60.7 Å². The van der Waals surface area contributed by atoms with Crippen molar-refractivity contribution in [2.75, 3.05) is 5.73 Å². The zero-order chi connectivity index (χ0) is 19.7. The number of fused-ring (bicyclic) bond motifs is 5. The third-order valence-electron chi connectivity index (χ3n) is 5.02. The molecule has 0 bridgehead atoms. The smallest absolute Gasteiger partial charge is 0.197 e.